The predicted octanol–water partition coefficient (Wildman–Crippen LogP) is 2.26. The minimum atomic E-state index is -2.72. The average Bonchev–Trinajstić information content (AvgIpc) is 2.68. The van der Waals surface area contributed by atoms with Gasteiger partial charge < -0.3 is 9.88 Å². The van der Waals surface area contributed by atoms with Crippen LogP contribution < -0.4 is 0 Å². The monoisotopic (exact) mass is 236 g/mol. The van der Waals surface area contributed by atoms with Crippen LogP contribution in [-0.2, 0) is 0 Å². The Hall–Kier alpha value is -1.91. The number of aromatic nitrogens is 1. The smallest absolute Gasteiger partial charge is 0.282 e. The highest BCUT2D eigenvalue weighted by Crippen LogP contribution is 2.28. The van der Waals surface area contributed by atoms with Crippen LogP contribution in [0.2, 0.25) is 0 Å². The van der Waals surface area contributed by atoms with Gasteiger partial charge in [0, 0.05) is 10.9 Å². The number of benzene rings is 1. The molecule has 0 spiro atoms. The van der Waals surface area contributed by atoms with Crippen molar-refractivity contribution in [2.24, 2.45) is 0 Å². The zero-order valence-electron chi connectivity index (χ0n) is 8.91. The van der Waals surface area contributed by atoms with Crippen molar-refractivity contribution < 1.29 is 13.6 Å². The Morgan fingerprint density at radius 3 is 2.65 bits per heavy atom. The Labute approximate surface area is 96.0 Å². The summed E-state index contributed by atoms with van der Waals surface area (Å²) in [6.45, 7) is -0.970. The third-order valence-electron chi connectivity index (χ3n) is 2.89. The molecule has 1 aromatic heterocycles. The van der Waals surface area contributed by atoms with Crippen molar-refractivity contribution in [1.82, 2.24) is 9.88 Å². The second-order valence-corrected chi connectivity index (χ2v) is 4.29. The van der Waals surface area contributed by atoms with Crippen LogP contribution in [0.25, 0.3) is 10.9 Å². The van der Waals surface area contributed by atoms with E-state index in [2.05, 4.69) is 4.98 Å². The predicted molar refractivity (Wildman–Crippen MR) is 59.1 cm³/mol. The summed E-state index contributed by atoms with van der Waals surface area (Å²) >= 11 is 0. The third kappa shape index (κ3) is 1.67. The molecule has 2 aromatic rings. The lowest BCUT2D eigenvalue weighted by molar-refractivity contribution is -0.113. The van der Waals surface area contributed by atoms with Gasteiger partial charge in [0.05, 0.1) is 13.1 Å². The number of nitrogens with zero attached hydrogens (tertiary/aromatic N) is 1. The topological polar surface area (TPSA) is 36.1 Å². The van der Waals surface area contributed by atoms with Gasteiger partial charge in [0.2, 0.25) is 0 Å². The summed E-state index contributed by atoms with van der Waals surface area (Å²) in [5.41, 5.74) is 1.20. The summed E-state index contributed by atoms with van der Waals surface area (Å²) < 4.78 is 25.3. The van der Waals surface area contributed by atoms with Crippen LogP contribution in [0.4, 0.5) is 8.78 Å². The molecule has 1 amide bonds. The first-order chi connectivity index (χ1) is 8.05. The van der Waals surface area contributed by atoms with E-state index in [4.69, 9.17) is 0 Å². The van der Waals surface area contributed by atoms with E-state index < -0.39 is 19.0 Å². The molecule has 1 fully saturated rings. The summed E-state index contributed by atoms with van der Waals surface area (Å²) in [5.74, 6) is -3.09. The number of likely N-dealkylation sites (tertiary alicyclic amines) is 1. The summed E-state index contributed by atoms with van der Waals surface area (Å²) in [5, 5.41) is 0.906. The largest absolute Gasteiger partial charge is 0.351 e. The Kier molecular flexibility index (Phi) is 1.98. The third-order valence-corrected chi connectivity index (χ3v) is 2.89. The van der Waals surface area contributed by atoms with E-state index in [0.717, 1.165) is 15.8 Å². The molecule has 0 bridgehead atoms. The maximum absolute atomic E-state index is 12.7. The van der Waals surface area contributed by atoms with E-state index in [0.29, 0.717) is 5.69 Å². The summed E-state index contributed by atoms with van der Waals surface area (Å²) in [4.78, 5) is 15.9. The Morgan fingerprint density at radius 2 is 2.00 bits per heavy atom. The maximum Gasteiger partial charge on any atom is 0.282 e. The fraction of sp³-hybridized carbons (Fsp3) is 0.250. The maximum atomic E-state index is 12.7. The van der Waals surface area contributed by atoms with Gasteiger partial charge in [0.1, 0.15) is 5.69 Å². The summed E-state index contributed by atoms with van der Waals surface area (Å²) in [6, 6.07) is 9.12. The van der Waals surface area contributed by atoms with Gasteiger partial charge in [-0.25, -0.2) is 8.78 Å². The van der Waals surface area contributed by atoms with E-state index in [1.807, 2.05) is 24.3 Å². The highest BCUT2D eigenvalue weighted by molar-refractivity contribution is 5.98. The van der Waals surface area contributed by atoms with Crippen LogP contribution in [0.3, 0.4) is 0 Å². The molecule has 88 valence electrons. The highest BCUT2D eigenvalue weighted by Gasteiger charge is 2.46. The standard InChI is InChI=1S/C12H10F2N2O/c13-12(14)6-16(7-12)11(17)10-5-8-3-1-2-4-9(8)15-10/h1-5,15H,6-7H2. The lowest BCUT2D eigenvalue weighted by atomic mass is 10.1. The summed E-state index contributed by atoms with van der Waals surface area (Å²) in [6.07, 6.45) is 0. The van der Waals surface area contributed by atoms with Crippen molar-refractivity contribution in [3.8, 4) is 0 Å². The molecule has 1 aliphatic rings. The molecular formula is C12H10F2N2O. The van der Waals surface area contributed by atoms with Crippen LogP contribution in [0.15, 0.2) is 30.3 Å². The van der Waals surface area contributed by atoms with Crippen molar-refractivity contribution in [3.05, 3.63) is 36.0 Å². The van der Waals surface area contributed by atoms with Crippen LogP contribution in [-0.4, -0.2) is 34.8 Å². The fourth-order valence-corrected chi connectivity index (χ4v) is 2.01. The number of halogens is 2. The molecule has 1 saturated heterocycles. The number of hydrogen-bond acceptors (Lipinski definition) is 1. The van der Waals surface area contributed by atoms with Crippen molar-refractivity contribution in [2.75, 3.05) is 13.1 Å². The van der Waals surface area contributed by atoms with E-state index in [9.17, 15) is 13.6 Å². The zero-order valence-corrected chi connectivity index (χ0v) is 8.91. The number of amides is 1. The number of alkyl halides is 2. The number of carbonyl (C=O) groups excluding carboxylic acids is 1. The molecule has 1 aliphatic heterocycles. The van der Waals surface area contributed by atoms with Crippen LogP contribution in [0.5, 0.6) is 0 Å². The Morgan fingerprint density at radius 1 is 1.29 bits per heavy atom. The molecule has 0 unspecified atom stereocenters. The summed E-state index contributed by atoms with van der Waals surface area (Å²) in [7, 11) is 0. The number of para-hydroxylation sites is 1. The van der Waals surface area contributed by atoms with E-state index in [-0.39, 0.29) is 5.91 Å². The van der Waals surface area contributed by atoms with Gasteiger partial charge in [-0.15, -0.1) is 0 Å². The Bertz CT molecular complexity index is 550. The Balaban J connectivity index is 1.87. The number of carbonyl (C=O) groups is 1. The van der Waals surface area contributed by atoms with Gasteiger partial charge in [-0.1, -0.05) is 18.2 Å². The van der Waals surface area contributed by atoms with Gasteiger partial charge in [-0.3, -0.25) is 4.79 Å². The first-order valence-corrected chi connectivity index (χ1v) is 5.30. The van der Waals surface area contributed by atoms with Gasteiger partial charge in [-0.05, 0) is 12.1 Å². The minimum Gasteiger partial charge on any atom is -0.351 e. The first-order valence-electron chi connectivity index (χ1n) is 5.30. The first kappa shape index (κ1) is 10.3. The van der Waals surface area contributed by atoms with Crippen molar-refractivity contribution in [1.29, 1.82) is 0 Å². The number of nitrogens with one attached hydrogen (secondary N) is 1. The molecule has 17 heavy (non-hydrogen) atoms. The molecule has 3 nitrogen and oxygen atoms in total. The molecule has 0 aliphatic carbocycles. The number of fused-ring (bicyclic) bond motifs is 1. The zero-order chi connectivity index (χ0) is 12.0. The highest BCUT2D eigenvalue weighted by atomic mass is 19.3. The molecule has 0 radical (unpaired) electrons. The molecule has 5 heteroatoms. The van der Waals surface area contributed by atoms with Crippen LogP contribution in [0, 0.1) is 0 Å². The molecule has 1 N–H and O–H groups in total. The van der Waals surface area contributed by atoms with Gasteiger partial charge in [0.25, 0.3) is 11.8 Å². The van der Waals surface area contributed by atoms with Crippen LogP contribution >= 0.6 is 0 Å². The van der Waals surface area contributed by atoms with E-state index >= 15 is 0 Å². The molecule has 1 aromatic carbocycles. The normalized spacial score (nSPS) is 18.1. The average molecular weight is 236 g/mol. The fourth-order valence-electron chi connectivity index (χ4n) is 2.01. The number of H-pyrrole nitrogens is 1. The SMILES string of the molecule is O=C(c1cc2ccccc2[nH]1)N1CC(F)(F)C1. The molecule has 0 saturated carbocycles. The number of aromatic amines is 1. The van der Waals surface area contributed by atoms with E-state index in [1.54, 1.807) is 6.07 Å². The lowest BCUT2D eigenvalue weighted by Crippen LogP contribution is -2.58. The second-order valence-electron chi connectivity index (χ2n) is 4.29. The van der Waals surface area contributed by atoms with Crippen molar-refractivity contribution >= 4 is 16.8 Å². The van der Waals surface area contributed by atoms with Gasteiger partial charge in [-0.2, -0.15) is 0 Å². The van der Waals surface area contributed by atoms with Crippen molar-refractivity contribution in [2.45, 2.75) is 5.92 Å². The van der Waals surface area contributed by atoms with Gasteiger partial charge >= 0.3 is 0 Å². The van der Waals surface area contributed by atoms with Crippen molar-refractivity contribution in [3.63, 3.8) is 0 Å². The van der Waals surface area contributed by atoms with Crippen LogP contribution in [0.1, 0.15) is 10.5 Å². The molecule has 0 atom stereocenters. The molecule has 3 rings (SSSR count). The minimum absolute atomic E-state index is 0.363. The lowest BCUT2D eigenvalue weighted by Gasteiger charge is -2.38. The molecule has 2 heterocycles. The van der Waals surface area contributed by atoms with Gasteiger partial charge in [0.15, 0.2) is 0 Å². The van der Waals surface area contributed by atoms with E-state index in [1.165, 1.54) is 0 Å². The quantitative estimate of drug-likeness (QED) is 0.810. The second kappa shape index (κ2) is 3.29. The number of rotatable bonds is 1. The molecular weight excluding hydrogens is 226 g/mol. The number of hydrogen-bond donors (Lipinski definition) is 1.